The van der Waals surface area contributed by atoms with Crippen LogP contribution >= 0.6 is 0 Å². The van der Waals surface area contributed by atoms with E-state index in [0.29, 0.717) is 18.7 Å². The smallest absolute Gasteiger partial charge is 0.334 e. The second-order valence-corrected chi connectivity index (χ2v) is 7.48. The predicted molar refractivity (Wildman–Crippen MR) is 98.7 cm³/mol. The number of carbonyl (C=O) groups is 2. The molecule has 3 rings (SSSR count). The van der Waals surface area contributed by atoms with Crippen molar-refractivity contribution in [3.8, 4) is 0 Å². The molecule has 1 aliphatic carbocycles. The topological polar surface area (TPSA) is 73.5 Å². The van der Waals surface area contributed by atoms with Gasteiger partial charge in [-0.05, 0) is 37.0 Å². The highest BCUT2D eigenvalue weighted by Crippen LogP contribution is 2.27. The van der Waals surface area contributed by atoms with Crippen LogP contribution in [0.1, 0.15) is 31.2 Å². The summed E-state index contributed by atoms with van der Waals surface area (Å²) < 4.78 is 37.3. The van der Waals surface area contributed by atoms with Crippen LogP contribution in [0.4, 0.5) is 23.7 Å². The highest BCUT2D eigenvalue weighted by molar-refractivity contribution is 5.93. The fourth-order valence-electron chi connectivity index (χ4n) is 3.44. The molecule has 1 heterocycles. The van der Waals surface area contributed by atoms with Gasteiger partial charge in [-0.25, -0.2) is 4.79 Å². The minimum Gasteiger partial charge on any atom is -0.334 e. The lowest BCUT2D eigenvalue weighted by atomic mass is 9.85. The van der Waals surface area contributed by atoms with Gasteiger partial charge in [0.25, 0.3) is 0 Å². The maximum atomic E-state index is 12.4. The first-order valence-corrected chi connectivity index (χ1v) is 9.52. The van der Waals surface area contributed by atoms with Crippen molar-refractivity contribution in [1.29, 1.82) is 0 Å². The SMILES string of the molecule is O=C(NCc1cccc(NC(=O)C2CCC2)c1)NC1CCN(CC(F)(F)F)C1. The van der Waals surface area contributed by atoms with Crippen LogP contribution in [0.5, 0.6) is 0 Å². The molecule has 2 fully saturated rings. The zero-order valence-corrected chi connectivity index (χ0v) is 15.5. The number of nitrogens with zero attached hydrogens (tertiary/aromatic N) is 1. The highest BCUT2D eigenvalue weighted by Gasteiger charge is 2.34. The van der Waals surface area contributed by atoms with Crippen LogP contribution in [0.25, 0.3) is 0 Å². The van der Waals surface area contributed by atoms with Crippen LogP contribution in [0.2, 0.25) is 0 Å². The van der Waals surface area contributed by atoms with Gasteiger partial charge in [-0.3, -0.25) is 9.69 Å². The molecule has 1 unspecified atom stereocenters. The number of rotatable bonds is 6. The lowest BCUT2D eigenvalue weighted by Crippen LogP contribution is -2.43. The van der Waals surface area contributed by atoms with Crippen molar-refractivity contribution in [2.45, 2.75) is 44.4 Å². The molecule has 28 heavy (non-hydrogen) atoms. The van der Waals surface area contributed by atoms with E-state index in [2.05, 4.69) is 16.0 Å². The fourth-order valence-corrected chi connectivity index (χ4v) is 3.44. The molecular weight excluding hydrogens is 373 g/mol. The Balaban J connectivity index is 1.41. The third-order valence-electron chi connectivity index (χ3n) is 5.13. The third-order valence-corrected chi connectivity index (χ3v) is 5.13. The molecule has 0 aromatic heterocycles. The van der Waals surface area contributed by atoms with E-state index in [0.717, 1.165) is 24.8 Å². The Hall–Kier alpha value is -2.29. The van der Waals surface area contributed by atoms with E-state index in [9.17, 15) is 22.8 Å². The van der Waals surface area contributed by atoms with Crippen LogP contribution in [0, 0.1) is 5.92 Å². The van der Waals surface area contributed by atoms with Crippen molar-refractivity contribution in [2.24, 2.45) is 5.92 Å². The van der Waals surface area contributed by atoms with Gasteiger partial charge < -0.3 is 16.0 Å². The standard InChI is InChI=1S/C19H25F3N4O2/c20-19(21,22)12-26-8-7-16(11-26)25-18(28)23-10-13-3-1-6-15(9-13)24-17(27)14-4-2-5-14/h1,3,6,9,14,16H,2,4-5,7-8,10-12H2,(H,24,27)(H2,23,25,28). The molecule has 1 atom stereocenters. The van der Waals surface area contributed by atoms with Gasteiger partial charge >= 0.3 is 12.2 Å². The lowest BCUT2D eigenvalue weighted by Gasteiger charge is -2.24. The summed E-state index contributed by atoms with van der Waals surface area (Å²) in [5.41, 5.74) is 1.52. The number of hydrogen-bond acceptors (Lipinski definition) is 3. The van der Waals surface area contributed by atoms with Crippen LogP contribution < -0.4 is 16.0 Å². The van der Waals surface area contributed by atoms with E-state index in [1.54, 1.807) is 18.2 Å². The molecular formula is C19H25F3N4O2. The second-order valence-electron chi connectivity index (χ2n) is 7.48. The maximum absolute atomic E-state index is 12.4. The Kier molecular flexibility index (Phi) is 6.43. The van der Waals surface area contributed by atoms with Gasteiger partial charge in [0.1, 0.15) is 0 Å². The Morgan fingerprint density at radius 2 is 1.96 bits per heavy atom. The van der Waals surface area contributed by atoms with Crippen molar-refractivity contribution in [2.75, 3.05) is 25.0 Å². The van der Waals surface area contributed by atoms with Crippen LogP contribution in [0.3, 0.4) is 0 Å². The van der Waals surface area contributed by atoms with E-state index in [1.165, 1.54) is 4.90 Å². The van der Waals surface area contributed by atoms with Crippen molar-refractivity contribution in [1.82, 2.24) is 15.5 Å². The van der Waals surface area contributed by atoms with Crippen molar-refractivity contribution in [3.63, 3.8) is 0 Å². The van der Waals surface area contributed by atoms with Crippen LogP contribution in [-0.2, 0) is 11.3 Å². The number of hydrogen-bond donors (Lipinski definition) is 3. The molecule has 3 N–H and O–H groups in total. The second kappa shape index (κ2) is 8.81. The first-order chi connectivity index (χ1) is 13.3. The molecule has 2 aliphatic rings. The van der Waals surface area contributed by atoms with Crippen LogP contribution in [0.15, 0.2) is 24.3 Å². The summed E-state index contributed by atoms with van der Waals surface area (Å²) in [7, 11) is 0. The van der Waals surface area contributed by atoms with E-state index in [4.69, 9.17) is 0 Å². The van der Waals surface area contributed by atoms with Gasteiger partial charge in [-0.1, -0.05) is 18.6 Å². The molecule has 6 nitrogen and oxygen atoms in total. The molecule has 0 bridgehead atoms. The summed E-state index contributed by atoms with van der Waals surface area (Å²) in [6, 6.07) is 6.53. The minimum atomic E-state index is -4.23. The number of alkyl halides is 3. The highest BCUT2D eigenvalue weighted by atomic mass is 19.4. The summed E-state index contributed by atoms with van der Waals surface area (Å²) >= 11 is 0. The van der Waals surface area contributed by atoms with Crippen molar-refractivity contribution < 1.29 is 22.8 Å². The summed E-state index contributed by atoms with van der Waals surface area (Å²) in [6.07, 6.45) is -0.793. The third kappa shape index (κ3) is 6.12. The monoisotopic (exact) mass is 398 g/mol. The Bertz CT molecular complexity index is 707. The molecule has 1 aliphatic heterocycles. The number of benzene rings is 1. The summed E-state index contributed by atoms with van der Waals surface area (Å²) in [4.78, 5) is 25.3. The molecule has 1 aromatic carbocycles. The molecule has 1 aromatic rings. The van der Waals surface area contributed by atoms with Crippen molar-refractivity contribution in [3.05, 3.63) is 29.8 Å². The van der Waals surface area contributed by atoms with Gasteiger partial charge in [-0.2, -0.15) is 13.2 Å². The van der Waals surface area contributed by atoms with Crippen LogP contribution in [-0.4, -0.2) is 48.7 Å². The minimum absolute atomic E-state index is 0.0266. The zero-order chi connectivity index (χ0) is 20.1. The maximum Gasteiger partial charge on any atom is 0.401 e. The number of likely N-dealkylation sites (tertiary alicyclic amines) is 1. The fraction of sp³-hybridized carbons (Fsp3) is 0.579. The lowest BCUT2D eigenvalue weighted by molar-refractivity contribution is -0.143. The Morgan fingerprint density at radius 1 is 1.18 bits per heavy atom. The van der Waals surface area contributed by atoms with Gasteiger partial charge in [0.05, 0.1) is 6.54 Å². The van der Waals surface area contributed by atoms with E-state index < -0.39 is 18.8 Å². The Labute approximate surface area is 161 Å². The Morgan fingerprint density at radius 3 is 2.64 bits per heavy atom. The summed E-state index contributed by atoms with van der Waals surface area (Å²) in [5, 5.41) is 8.31. The number of carbonyl (C=O) groups excluding carboxylic acids is 2. The normalized spacial score (nSPS) is 20.5. The molecule has 0 radical (unpaired) electrons. The summed E-state index contributed by atoms with van der Waals surface area (Å²) in [6.45, 7) is -0.188. The molecule has 3 amide bonds. The van der Waals surface area contributed by atoms with Crippen molar-refractivity contribution >= 4 is 17.6 Å². The van der Waals surface area contributed by atoms with E-state index in [-0.39, 0.29) is 31.0 Å². The number of halogens is 3. The number of nitrogens with one attached hydrogen (secondary N) is 3. The summed E-state index contributed by atoms with van der Waals surface area (Å²) in [5.74, 6) is 0.120. The molecule has 9 heteroatoms. The van der Waals surface area contributed by atoms with Gasteiger partial charge in [0.15, 0.2) is 0 Å². The average Bonchev–Trinajstić information content (AvgIpc) is 2.96. The average molecular weight is 398 g/mol. The van der Waals surface area contributed by atoms with E-state index >= 15 is 0 Å². The zero-order valence-electron chi connectivity index (χ0n) is 15.5. The molecule has 1 saturated heterocycles. The van der Waals surface area contributed by atoms with Gasteiger partial charge in [-0.15, -0.1) is 0 Å². The molecule has 1 saturated carbocycles. The first kappa shape index (κ1) is 20.4. The molecule has 0 spiro atoms. The first-order valence-electron chi connectivity index (χ1n) is 9.52. The van der Waals surface area contributed by atoms with Gasteiger partial charge in [0.2, 0.25) is 5.91 Å². The predicted octanol–water partition coefficient (Wildman–Crippen LogP) is 2.86. The largest absolute Gasteiger partial charge is 0.401 e. The number of amides is 3. The quantitative estimate of drug-likeness (QED) is 0.690. The van der Waals surface area contributed by atoms with E-state index in [1.807, 2.05) is 6.07 Å². The number of urea groups is 1. The number of anilines is 1. The van der Waals surface area contributed by atoms with Gasteiger partial charge in [0, 0.05) is 37.3 Å². The molecule has 154 valence electrons.